The van der Waals surface area contributed by atoms with Crippen LogP contribution in [0.4, 0.5) is 0 Å². The van der Waals surface area contributed by atoms with Crippen molar-refractivity contribution in [3.63, 3.8) is 0 Å². The van der Waals surface area contributed by atoms with Crippen molar-refractivity contribution in [3.05, 3.63) is 0 Å². The fourth-order valence-electron chi connectivity index (χ4n) is 3.76. The fourth-order valence-corrected chi connectivity index (χ4v) is 3.76. The van der Waals surface area contributed by atoms with Crippen LogP contribution in [-0.4, -0.2) is 50.3 Å². The highest BCUT2D eigenvalue weighted by molar-refractivity contribution is 4.92. The van der Waals surface area contributed by atoms with Crippen molar-refractivity contribution in [2.75, 3.05) is 33.4 Å². The van der Waals surface area contributed by atoms with E-state index in [0.29, 0.717) is 18.0 Å². The summed E-state index contributed by atoms with van der Waals surface area (Å²) in [7, 11) is 1.81. The zero-order chi connectivity index (χ0) is 15.8. The molecule has 3 unspecified atom stereocenters. The third-order valence-corrected chi connectivity index (χ3v) is 4.92. The van der Waals surface area contributed by atoms with Gasteiger partial charge in [0.2, 0.25) is 0 Å². The zero-order valence-corrected chi connectivity index (χ0v) is 15.2. The van der Waals surface area contributed by atoms with Crippen molar-refractivity contribution in [1.82, 2.24) is 10.2 Å². The average Bonchev–Trinajstić information content (AvgIpc) is 2.43. The highest BCUT2D eigenvalue weighted by Crippen LogP contribution is 2.33. The lowest BCUT2D eigenvalue weighted by Gasteiger charge is -2.44. The molecule has 0 aromatic rings. The Hall–Kier alpha value is -0.120. The van der Waals surface area contributed by atoms with E-state index in [1.807, 2.05) is 7.11 Å². The van der Waals surface area contributed by atoms with Crippen LogP contribution in [0.3, 0.4) is 0 Å². The highest BCUT2D eigenvalue weighted by atomic mass is 16.5. The standard InChI is InChI=1S/C18H38N2O/c1-7-19-17-9-8-16(15(4)5)12-18(17)20(10-11-21-6)13-14(2)3/h14-19H,7-13H2,1-6H3. The first kappa shape index (κ1) is 18.9. The first-order valence-corrected chi connectivity index (χ1v) is 8.95. The molecule has 1 saturated carbocycles. The van der Waals surface area contributed by atoms with E-state index in [0.717, 1.165) is 31.5 Å². The number of rotatable bonds is 9. The number of likely N-dealkylation sites (N-methyl/N-ethyl adjacent to an activating group) is 1. The van der Waals surface area contributed by atoms with E-state index >= 15 is 0 Å². The Morgan fingerprint density at radius 1 is 1.19 bits per heavy atom. The molecule has 0 heterocycles. The van der Waals surface area contributed by atoms with Crippen molar-refractivity contribution in [2.45, 2.75) is 66.0 Å². The molecule has 0 saturated heterocycles. The molecule has 1 fully saturated rings. The average molecular weight is 299 g/mol. The quantitative estimate of drug-likeness (QED) is 0.706. The van der Waals surface area contributed by atoms with E-state index in [-0.39, 0.29) is 0 Å². The summed E-state index contributed by atoms with van der Waals surface area (Å²) in [6.07, 6.45) is 4.04. The van der Waals surface area contributed by atoms with Crippen LogP contribution in [0.15, 0.2) is 0 Å². The zero-order valence-electron chi connectivity index (χ0n) is 15.2. The number of hydrogen-bond acceptors (Lipinski definition) is 3. The van der Waals surface area contributed by atoms with Crippen LogP contribution < -0.4 is 5.32 Å². The minimum absolute atomic E-state index is 0.653. The van der Waals surface area contributed by atoms with Gasteiger partial charge in [-0.3, -0.25) is 4.90 Å². The molecule has 0 radical (unpaired) electrons. The summed E-state index contributed by atoms with van der Waals surface area (Å²) in [4.78, 5) is 2.69. The Bertz CT molecular complexity index is 268. The highest BCUT2D eigenvalue weighted by Gasteiger charge is 2.34. The van der Waals surface area contributed by atoms with Gasteiger partial charge in [-0.15, -0.1) is 0 Å². The lowest BCUT2D eigenvalue weighted by molar-refractivity contribution is 0.0520. The van der Waals surface area contributed by atoms with E-state index in [9.17, 15) is 0 Å². The molecule has 126 valence electrons. The van der Waals surface area contributed by atoms with E-state index in [1.165, 1.54) is 25.8 Å². The molecule has 0 aromatic heterocycles. The summed E-state index contributed by atoms with van der Waals surface area (Å²) >= 11 is 0. The molecule has 21 heavy (non-hydrogen) atoms. The van der Waals surface area contributed by atoms with Gasteiger partial charge in [-0.05, 0) is 43.6 Å². The van der Waals surface area contributed by atoms with Crippen molar-refractivity contribution in [2.24, 2.45) is 17.8 Å². The SMILES string of the molecule is CCNC1CCC(C(C)C)CC1N(CCOC)CC(C)C. The van der Waals surface area contributed by atoms with Gasteiger partial charge in [0, 0.05) is 32.3 Å². The minimum Gasteiger partial charge on any atom is -0.383 e. The van der Waals surface area contributed by atoms with Crippen molar-refractivity contribution < 1.29 is 4.74 Å². The summed E-state index contributed by atoms with van der Waals surface area (Å²) in [5.74, 6) is 2.39. The van der Waals surface area contributed by atoms with Crippen molar-refractivity contribution >= 4 is 0 Å². The maximum Gasteiger partial charge on any atom is 0.0589 e. The number of methoxy groups -OCH3 is 1. The first-order chi connectivity index (χ1) is 9.99. The largest absolute Gasteiger partial charge is 0.383 e. The van der Waals surface area contributed by atoms with E-state index in [4.69, 9.17) is 4.74 Å². The van der Waals surface area contributed by atoms with Gasteiger partial charge >= 0.3 is 0 Å². The summed E-state index contributed by atoms with van der Waals surface area (Å²) in [6, 6.07) is 1.32. The molecule has 3 nitrogen and oxygen atoms in total. The molecular formula is C18H38N2O. The van der Waals surface area contributed by atoms with Crippen molar-refractivity contribution in [1.29, 1.82) is 0 Å². The summed E-state index contributed by atoms with van der Waals surface area (Å²) < 4.78 is 5.35. The normalized spacial score (nSPS) is 27.0. The van der Waals surface area contributed by atoms with E-state index < -0.39 is 0 Å². The van der Waals surface area contributed by atoms with Crippen LogP contribution in [0.25, 0.3) is 0 Å². The third kappa shape index (κ3) is 6.25. The predicted octanol–water partition coefficient (Wildman–Crippen LogP) is 3.39. The van der Waals surface area contributed by atoms with Gasteiger partial charge in [-0.2, -0.15) is 0 Å². The Morgan fingerprint density at radius 3 is 2.43 bits per heavy atom. The second-order valence-corrected chi connectivity index (χ2v) is 7.43. The van der Waals surface area contributed by atoms with Gasteiger partial charge in [-0.25, -0.2) is 0 Å². The molecule has 0 aliphatic heterocycles. The number of nitrogens with one attached hydrogen (secondary N) is 1. The van der Waals surface area contributed by atoms with Gasteiger partial charge in [0.25, 0.3) is 0 Å². The molecular weight excluding hydrogens is 260 g/mol. The summed E-state index contributed by atoms with van der Waals surface area (Å²) in [5.41, 5.74) is 0. The molecule has 0 spiro atoms. The second kappa shape index (κ2) is 9.81. The Kier molecular flexibility index (Phi) is 8.84. The van der Waals surface area contributed by atoms with Crippen LogP contribution in [-0.2, 0) is 4.74 Å². The minimum atomic E-state index is 0.653. The van der Waals surface area contributed by atoms with Crippen LogP contribution in [0.5, 0.6) is 0 Å². The van der Waals surface area contributed by atoms with Gasteiger partial charge in [0.15, 0.2) is 0 Å². The maximum atomic E-state index is 5.35. The third-order valence-electron chi connectivity index (χ3n) is 4.92. The van der Waals surface area contributed by atoms with E-state index in [2.05, 4.69) is 44.8 Å². The van der Waals surface area contributed by atoms with E-state index in [1.54, 1.807) is 0 Å². The molecule has 3 atom stereocenters. The second-order valence-electron chi connectivity index (χ2n) is 7.43. The number of hydrogen-bond donors (Lipinski definition) is 1. The number of nitrogens with zero attached hydrogens (tertiary/aromatic N) is 1. The Morgan fingerprint density at radius 2 is 1.90 bits per heavy atom. The lowest BCUT2D eigenvalue weighted by atomic mass is 9.76. The molecule has 1 N–H and O–H groups in total. The molecule has 3 heteroatoms. The maximum absolute atomic E-state index is 5.35. The molecule has 1 rings (SSSR count). The molecule has 0 aromatic carbocycles. The van der Waals surface area contributed by atoms with Gasteiger partial charge in [0.1, 0.15) is 0 Å². The monoisotopic (exact) mass is 298 g/mol. The van der Waals surface area contributed by atoms with Gasteiger partial charge < -0.3 is 10.1 Å². The molecule has 0 bridgehead atoms. The van der Waals surface area contributed by atoms with Crippen LogP contribution >= 0.6 is 0 Å². The van der Waals surface area contributed by atoms with Crippen LogP contribution in [0.2, 0.25) is 0 Å². The Balaban J connectivity index is 2.78. The molecule has 1 aliphatic carbocycles. The number of ether oxygens (including phenoxy) is 1. The van der Waals surface area contributed by atoms with Gasteiger partial charge in [-0.1, -0.05) is 34.6 Å². The molecule has 0 amide bonds. The predicted molar refractivity (Wildman–Crippen MR) is 91.7 cm³/mol. The lowest BCUT2D eigenvalue weighted by Crippen LogP contribution is -2.55. The van der Waals surface area contributed by atoms with Crippen molar-refractivity contribution in [3.8, 4) is 0 Å². The van der Waals surface area contributed by atoms with Gasteiger partial charge in [0.05, 0.1) is 6.61 Å². The van der Waals surface area contributed by atoms with Crippen LogP contribution in [0, 0.1) is 17.8 Å². The summed E-state index contributed by atoms with van der Waals surface area (Å²) in [5, 5.41) is 3.74. The Labute approximate surface area is 132 Å². The fraction of sp³-hybridized carbons (Fsp3) is 1.00. The first-order valence-electron chi connectivity index (χ1n) is 8.95. The summed E-state index contributed by atoms with van der Waals surface area (Å²) in [6.45, 7) is 15.8. The van der Waals surface area contributed by atoms with Crippen LogP contribution in [0.1, 0.15) is 53.9 Å². The smallest absolute Gasteiger partial charge is 0.0589 e. The molecule has 1 aliphatic rings. The topological polar surface area (TPSA) is 24.5 Å².